The zero-order chi connectivity index (χ0) is 17.6. The van der Waals surface area contributed by atoms with E-state index in [9.17, 15) is 8.42 Å². The van der Waals surface area contributed by atoms with Crippen LogP contribution in [-0.2, 0) is 10.0 Å². The molecule has 2 aromatic rings. The Balaban J connectivity index is 2.17. The summed E-state index contributed by atoms with van der Waals surface area (Å²) in [5.41, 5.74) is 3.28. The van der Waals surface area contributed by atoms with Crippen LogP contribution in [0.15, 0.2) is 72.2 Å². The van der Waals surface area contributed by atoms with Crippen molar-refractivity contribution in [2.75, 3.05) is 13.1 Å². The van der Waals surface area contributed by atoms with Gasteiger partial charge in [0.2, 0.25) is 10.0 Å². The summed E-state index contributed by atoms with van der Waals surface area (Å²) in [5.74, 6) is 0. The normalized spacial score (nSPS) is 12.0. The van der Waals surface area contributed by atoms with Crippen LogP contribution in [0.4, 0.5) is 0 Å². The predicted octanol–water partition coefficient (Wildman–Crippen LogP) is 4.19. The maximum atomic E-state index is 12.8. The van der Waals surface area contributed by atoms with Crippen molar-refractivity contribution in [2.45, 2.75) is 18.7 Å². The lowest BCUT2D eigenvalue weighted by atomic mass is 10.1. The molecule has 0 aromatic heterocycles. The third-order valence-corrected chi connectivity index (χ3v) is 5.53. The summed E-state index contributed by atoms with van der Waals surface area (Å²) in [5, 5.41) is 0. The van der Waals surface area contributed by atoms with Crippen LogP contribution < -0.4 is 0 Å². The highest BCUT2D eigenvalue weighted by Crippen LogP contribution is 2.16. The lowest BCUT2D eigenvalue weighted by molar-refractivity contribution is 0.474. The highest BCUT2D eigenvalue weighted by Gasteiger charge is 2.22. The number of aryl methyl sites for hydroxylation is 2. The molecule has 0 heterocycles. The molecule has 0 unspecified atom stereocenters. The zero-order valence-electron chi connectivity index (χ0n) is 14.1. The van der Waals surface area contributed by atoms with Gasteiger partial charge in [-0.25, -0.2) is 8.42 Å². The van der Waals surface area contributed by atoms with Crippen LogP contribution in [0.1, 0.15) is 16.7 Å². The van der Waals surface area contributed by atoms with E-state index in [1.165, 1.54) is 9.87 Å². The third kappa shape index (κ3) is 4.66. The van der Waals surface area contributed by atoms with Gasteiger partial charge in [-0.1, -0.05) is 65.8 Å². The molecule has 0 N–H and O–H groups in total. The number of sulfonamides is 1. The maximum absolute atomic E-state index is 12.8. The van der Waals surface area contributed by atoms with Gasteiger partial charge >= 0.3 is 0 Å². The molecule has 0 aliphatic rings. The van der Waals surface area contributed by atoms with Crippen molar-refractivity contribution >= 4 is 16.1 Å². The number of nitrogens with zero attached hydrogens (tertiary/aromatic N) is 1. The first-order valence-electron chi connectivity index (χ1n) is 7.84. The molecule has 3 nitrogen and oxygen atoms in total. The fraction of sp³-hybridized carbons (Fsp3) is 0.200. The van der Waals surface area contributed by atoms with E-state index in [-0.39, 0.29) is 6.54 Å². The second kappa shape index (κ2) is 8.08. The first kappa shape index (κ1) is 18.2. The molecule has 126 valence electrons. The average Bonchev–Trinajstić information content (AvgIpc) is 2.56. The molecule has 24 heavy (non-hydrogen) atoms. The largest absolute Gasteiger partial charge is 0.243 e. The first-order valence-corrected chi connectivity index (χ1v) is 9.28. The molecule has 0 aliphatic carbocycles. The van der Waals surface area contributed by atoms with E-state index in [1.807, 2.05) is 50.3 Å². The summed E-state index contributed by atoms with van der Waals surface area (Å²) in [6.07, 6.45) is 5.39. The van der Waals surface area contributed by atoms with Gasteiger partial charge in [-0.15, -0.1) is 6.58 Å². The van der Waals surface area contributed by atoms with E-state index < -0.39 is 10.0 Å². The first-order chi connectivity index (χ1) is 11.4. The monoisotopic (exact) mass is 341 g/mol. The Morgan fingerprint density at radius 3 is 2.00 bits per heavy atom. The van der Waals surface area contributed by atoms with Crippen molar-refractivity contribution in [1.82, 2.24) is 4.31 Å². The molecule has 0 saturated heterocycles. The summed E-state index contributed by atoms with van der Waals surface area (Å²) in [6, 6.07) is 15.0. The lowest BCUT2D eigenvalue weighted by Crippen LogP contribution is -2.31. The third-order valence-electron chi connectivity index (χ3n) is 3.69. The highest BCUT2D eigenvalue weighted by molar-refractivity contribution is 7.89. The minimum absolute atomic E-state index is 0.272. The SMILES string of the molecule is C=CCN(C/C=C/c1ccc(C)cc1)S(=O)(=O)c1ccc(C)cc1. The van der Waals surface area contributed by atoms with Crippen LogP contribution in [-0.4, -0.2) is 25.8 Å². The molecule has 0 aliphatic heterocycles. The fourth-order valence-electron chi connectivity index (χ4n) is 2.26. The van der Waals surface area contributed by atoms with Gasteiger partial charge in [0.05, 0.1) is 4.90 Å². The summed E-state index contributed by atoms with van der Waals surface area (Å²) < 4.78 is 26.9. The van der Waals surface area contributed by atoms with Gasteiger partial charge in [-0.3, -0.25) is 0 Å². The van der Waals surface area contributed by atoms with Crippen molar-refractivity contribution in [1.29, 1.82) is 0 Å². The average molecular weight is 341 g/mol. The summed E-state index contributed by atoms with van der Waals surface area (Å²) in [6.45, 7) is 8.21. The molecule has 0 fully saturated rings. The Hall–Kier alpha value is -2.17. The molecule has 2 aromatic carbocycles. The molecule has 4 heteroatoms. The molecule has 0 spiro atoms. The van der Waals surface area contributed by atoms with Crippen molar-refractivity contribution in [3.8, 4) is 0 Å². The smallest absolute Gasteiger partial charge is 0.207 e. The summed E-state index contributed by atoms with van der Waals surface area (Å²) in [4.78, 5) is 0.304. The van der Waals surface area contributed by atoms with Crippen LogP contribution in [0, 0.1) is 13.8 Å². The van der Waals surface area contributed by atoms with Crippen molar-refractivity contribution in [3.05, 3.63) is 84.0 Å². The maximum Gasteiger partial charge on any atom is 0.243 e. The Bertz CT molecular complexity index is 804. The van der Waals surface area contributed by atoms with Crippen molar-refractivity contribution < 1.29 is 8.42 Å². The fourth-order valence-corrected chi connectivity index (χ4v) is 3.62. The topological polar surface area (TPSA) is 37.4 Å². The second-order valence-corrected chi connectivity index (χ2v) is 7.67. The van der Waals surface area contributed by atoms with Gasteiger partial charge in [0.15, 0.2) is 0 Å². The Morgan fingerprint density at radius 1 is 0.917 bits per heavy atom. The quantitative estimate of drug-likeness (QED) is 0.708. The number of benzene rings is 2. The molecule has 0 saturated carbocycles. The van der Waals surface area contributed by atoms with E-state index in [0.29, 0.717) is 11.4 Å². The van der Waals surface area contributed by atoms with Crippen LogP contribution >= 0.6 is 0 Å². The van der Waals surface area contributed by atoms with Crippen molar-refractivity contribution in [3.63, 3.8) is 0 Å². The Morgan fingerprint density at radius 2 is 1.46 bits per heavy atom. The van der Waals surface area contributed by atoms with Gasteiger partial charge in [0.25, 0.3) is 0 Å². The van der Waals surface area contributed by atoms with Crippen LogP contribution in [0.3, 0.4) is 0 Å². The summed E-state index contributed by atoms with van der Waals surface area (Å²) >= 11 is 0. The van der Waals surface area contributed by atoms with E-state index in [4.69, 9.17) is 0 Å². The zero-order valence-corrected chi connectivity index (χ0v) is 15.0. The number of hydrogen-bond donors (Lipinski definition) is 0. The van der Waals surface area contributed by atoms with Gasteiger partial charge < -0.3 is 0 Å². The van der Waals surface area contributed by atoms with E-state index in [1.54, 1.807) is 30.3 Å². The second-order valence-electron chi connectivity index (χ2n) is 5.74. The molecule has 2 rings (SSSR count). The van der Waals surface area contributed by atoms with E-state index in [0.717, 1.165) is 11.1 Å². The van der Waals surface area contributed by atoms with Crippen LogP contribution in [0.5, 0.6) is 0 Å². The lowest BCUT2D eigenvalue weighted by Gasteiger charge is -2.19. The van der Waals surface area contributed by atoms with E-state index >= 15 is 0 Å². The summed E-state index contributed by atoms with van der Waals surface area (Å²) in [7, 11) is -3.53. The van der Waals surface area contributed by atoms with Crippen molar-refractivity contribution in [2.24, 2.45) is 0 Å². The van der Waals surface area contributed by atoms with E-state index in [2.05, 4.69) is 6.58 Å². The molecule has 0 radical (unpaired) electrons. The molecule has 0 amide bonds. The minimum atomic E-state index is -3.53. The Kier molecular flexibility index (Phi) is 6.12. The van der Waals surface area contributed by atoms with Gasteiger partial charge in [-0.2, -0.15) is 4.31 Å². The molecule has 0 bridgehead atoms. The van der Waals surface area contributed by atoms with Gasteiger partial charge in [0.1, 0.15) is 0 Å². The van der Waals surface area contributed by atoms with Gasteiger partial charge in [-0.05, 0) is 31.5 Å². The van der Waals surface area contributed by atoms with Gasteiger partial charge in [0, 0.05) is 13.1 Å². The minimum Gasteiger partial charge on any atom is -0.207 e. The molecular weight excluding hydrogens is 318 g/mol. The van der Waals surface area contributed by atoms with Crippen LogP contribution in [0.2, 0.25) is 0 Å². The molecule has 0 atom stereocenters. The number of hydrogen-bond acceptors (Lipinski definition) is 2. The molecular formula is C20H23NO2S. The Labute approximate surface area is 145 Å². The highest BCUT2D eigenvalue weighted by atomic mass is 32.2. The predicted molar refractivity (Wildman–Crippen MR) is 100 cm³/mol. The van der Waals surface area contributed by atoms with Crippen LogP contribution in [0.25, 0.3) is 6.08 Å². The number of rotatable bonds is 7. The standard InChI is InChI=1S/C20H23NO2S/c1-4-15-21(16-5-6-19-11-7-17(2)8-12-19)24(22,23)20-13-9-18(3)10-14-20/h4-14H,1,15-16H2,2-3H3/b6-5+.